The van der Waals surface area contributed by atoms with E-state index >= 15 is 0 Å². The highest BCUT2D eigenvalue weighted by Crippen LogP contribution is 2.22. The van der Waals surface area contributed by atoms with Crippen LogP contribution in [0.1, 0.15) is 20.3 Å². The first-order chi connectivity index (χ1) is 6.03. The van der Waals surface area contributed by atoms with E-state index in [-0.39, 0.29) is 12.2 Å². The van der Waals surface area contributed by atoms with E-state index in [1.54, 1.807) is 0 Å². The average molecular weight is 187 g/mol. The summed E-state index contributed by atoms with van der Waals surface area (Å²) in [5.74, 6) is 0.0165. The summed E-state index contributed by atoms with van der Waals surface area (Å²) in [6.45, 7) is 3.67. The van der Waals surface area contributed by atoms with Crippen molar-refractivity contribution >= 4 is 11.9 Å². The van der Waals surface area contributed by atoms with Gasteiger partial charge in [0.1, 0.15) is 5.60 Å². The summed E-state index contributed by atoms with van der Waals surface area (Å²) in [6.07, 6.45) is 0.573. The van der Waals surface area contributed by atoms with E-state index in [4.69, 9.17) is 9.57 Å². The number of hydrogen-bond donors (Lipinski definition) is 0. The number of esters is 1. The number of nitrogens with zero attached hydrogens (tertiary/aromatic N) is 1. The van der Waals surface area contributed by atoms with Crippen LogP contribution in [0, 0.1) is 0 Å². The Morgan fingerprint density at radius 1 is 1.69 bits per heavy atom. The molecule has 5 heteroatoms. The lowest BCUT2D eigenvalue weighted by atomic mass is 10.1. The molecule has 0 N–H and O–H groups in total. The molecule has 0 aromatic heterocycles. The highest BCUT2D eigenvalue weighted by Gasteiger charge is 2.30. The summed E-state index contributed by atoms with van der Waals surface area (Å²) in [5.41, 5.74) is -0.328. The second kappa shape index (κ2) is 3.64. The van der Waals surface area contributed by atoms with E-state index in [9.17, 15) is 4.79 Å². The summed E-state index contributed by atoms with van der Waals surface area (Å²) in [6, 6.07) is 0. The van der Waals surface area contributed by atoms with Crippen LogP contribution >= 0.6 is 0 Å². The predicted molar refractivity (Wildman–Crippen MR) is 45.2 cm³/mol. The average Bonchev–Trinajstić information content (AvgIpc) is 2.41. The maximum atomic E-state index is 10.7. The Bertz CT molecular complexity index is 234. The van der Waals surface area contributed by atoms with Crippen molar-refractivity contribution in [2.75, 3.05) is 13.7 Å². The van der Waals surface area contributed by atoms with Gasteiger partial charge in [-0.3, -0.25) is 0 Å². The fourth-order valence-corrected chi connectivity index (χ4v) is 0.882. The first kappa shape index (κ1) is 9.83. The van der Waals surface area contributed by atoms with Gasteiger partial charge in [0.05, 0.1) is 13.5 Å². The summed E-state index contributed by atoms with van der Waals surface area (Å²) in [5, 5.41) is 3.68. The molecule has 13 heavy (non-hydrogen) atoms. The van der Waals surface area contributed by atoms with E-state index in [0.717, 1.165) is 0 Å². The maximum Gasteiger partial charge on any atom is 0.343 e. The van der Waals surface area contributed by atoms with E-state index in [1.165, 1.54) is 7.11 Å². The summed E-state index contributed by atoms with van der Waals surface area (Å²) in [7, 11) is 1.31. The van der Waals surface area contributed by atoms with E-state index in [1.807, 2.05) is 13.8 Å². The second-order valence-electron chi connectivity index (χ2n) is 3.38. The molecule has 0 spiro atoms. The summed E-state index contributed by atoms with van der Waals surface area (Å²) < 4.78 is 9.44. The topological polar surface area (TPSA) is 57.1 Å². The Hall–Kier alpha value is -1.26. The number of rotatable bonds is 2. The lowest BCUT2D eigenvalue weighted by molar-refractivity contribution is -0.143. The molecule has 74 valence electrons. The van der Waals surface area contributed by atoms with Crippen molar-refractivity contribution in [3.8, 4) is 0 Å². The van der Waals surface area contributed by atoms with Crippen LogP contribution in [0.15, 0.2) is 5.16 Å². The quantitative estimate of drug-likeness (QED) is 0.597. The fraction of sp³-hybridized carbons (Fsp3) is 0.750. The van der Waals surface area contributed by atoms with Crippen LogP contribution in [0.25, 0.3) is 0 Å². The van der Waals surface area contributed by atoms with Gasteiger partial charge in [0, 0.05) is 0 Å². The number of methoxy groups -OCH3 is 1. The predicted octanol–water partition coefficient (Wildman–Crippen LogP) is 0.688. The van der Waals surface area contributed by atoms with Gasteiger partial charge in [-0.15, -0.1) is 0 Å². The lowest BCUT2D eigenvalue weighted by Gasteiger charge is -2.12. The zero-order valence-electron chi connectivity index (χ0n) is 7.99. The van der Waals surface area contributed by atoms with Gasteiger partial charge in [-0.05, 0) is 13.8 Å². The number of oxime groups is 1. The van der Waals surface area contributed by atoms with Gasteiger partial charge in [-0.2, -0.15) is 0 Å². The second-order valence-corrected chi connectivity index (χ2v) is 3.38. The van der Waals surface area contributed by atoms with Crippen LogP contribution in [0.5, 0.6) is 0 Å². The molecule has 0 amide bonds. The van der Waals surface area contributed by atoms with Crippen molar-refractivity contribution < 1.29 is 19.1 Å². The van der Waals surface area contributed by atoms with Crippen LogP contribution in [-0.4, -0.2) is 31.2 Å². The number of ether oxygens (including phenoxy) is 2. The molecule has 0 aliphatic carbocycles. The monoisotopic (exact) mass is 187 g/mol. The molecule has 5 nitrogen and oxygen atoms in total. The van der Waals surface area contributed by atoms with Gasteiger partial charge >= 0.3 is 5.97 Å². The number of carbonyl (C=O) groups is 1. The Morgan fingerprint density at radius 2 is 2.38 bits per heavy atom. The molecule has 0 aromatic carbocycles. The number of hydrogen-bond acceptors (Lipinski definition) is 5. The molecule has 0 aromatic rings. The van der Waals surface area contributed by atoms with Crippen LogP contribution in [0.2, 0.25) is 0 Å². The zero-order chi connectivity index (χ0) is 9.90. The van der Waals surface area contributed by atoms with Crippen LogP contribution in [-0.2, 0) is 19.1 Å². The van der Waals surface area contributed by atoms with E-state index in [0.29, 0.717) is 12.3 Å². The Labute approximate surface area is 76.6 Å². The molecule has 1 rings (SSSR count). The molecular formula is C8H13NO4. The molecule has 0 fully saturated rings. The summed E-state index contributed by atoms with van der Waals surface area (Å²) >= 11 is 0. The lowest BCUT2D eigenvalue weighted by Crippen LogP contribution is -2.21. The minimum Gasteiger partial charge on any atom is -0.467 e. The first-order valence-corrected chi connectivity index (χ1v) is 3.98. The third-order valence-electron chi connectivity index (χ3n) is 1.56. The third kappa shape index (κ3) is 2.93. The Morgan fingerprint density at radius 3 is 2.85 bits per heavy atom. The molecule has 1 aliphatic rings. The largest absolute Gasteiger partial charge is 0.467 e. The fourth-order valence-electron chi connectivity index (χ4n) is 0.882. The van der Waals surface area contributed by atoms with Crippen LogP contribution in [0.4, 0.5) is 0 Å². The van der Waals surface area contributed by atoms with Gasteiger partial charge in [0.2, 0.25) is 5.90 Å². The Kier molecular flexibility index (Phi) is 2.75. The molecular weight excluding hydrogens is 174 g/mol. The van der Waals surface area contributed by atoms with Crippen molar-refractivity contribution in [1.29, 1.82) is 0 Å². The smallest absolute Gasteiger partial charge is 0.343 e. The molecule has 0 saturated heterocycles. The van der Waals surface area contributed by atoms with Gasteiger partial charge in [-0.25, -0.2) is 4.79 Å². The van der Waals surface area contributed by atoms with Gasteiger partial charge in [0.15, 0.2) is 6.61 Å². The highest BCUT2D eigenvalue weighted by atomic mass is 16.7. The molecule has 0 radical (unpaired) electrons. The Balaban J connectivity index is 2.29. The molecule has 1 heterocycles. The van der Waals surface area contributed by atoms with Gasteiger partial charge in [0.25, 0.3) is 0 Å². The van der Waals surface area contributed by atoms with Crippen LogP contribution < -0.4 is 0 Å². The zero-order valence-corrected chi connectivity index (χ0v) is 7.99. The molecule has 1 aliphatic heterocycles. The van der Waals surface area contributed by atoms with Crippen LogP contribution in [0.3, 0.4) is 0 Å². The molecule has 0 saturated carbocycles. The van der Waals surface area contributed by atoms with Crippen molar-refractivity contribution in [3.63, 3.8) is 0 Å². The van der Waals surface area contributed by atoms with Gasteiger partial charge < -0.3 is 14.3 Å². The molecule has 0 unspecified atom stereocenters. The van der Waals surface area contributed by atoms with Crippen molar-refractivity contribution in [3.05, 3.63) is 0 Å². The standard InChI is InChI=1S/C8H13NO4/c1-8(2)4-6(9-13-8)12-5-7(10)11-3/h4-5H2,1-3H3. The maximum absolute atomic E-state index is 10.7. The SMILES string of the molecule is COC(=O)COC1=NOC(C)(C)C1. The third-order valence-corrected chi connectivity index (χ3v) is 1.56. The highest BCUT2D eigenvalue weighted by molar-refractivity contribution is 5.81. The summed E-state index contributed by atoms with van der Waals surface area (Å²) in [4.78, 5) is 15.7. The van der Waals surface area contributed by atoms with Crippen molar-refractivity contribution in [2.24, 2.45) is 5.16 Å². The van der Waals surface area contributed by atoms with Gasteiger partial charge in [-0.1, -0.05) is 5.16 Å². The minimum absolute atomic E-state index is 0.116. The molecule has 0 atom stereocenters. The normalized spacial score (nSPS) is 18.8. The number of carbonyl (C=O) groups excluding carboxylic acids is 1. The minimum atomic E-state index is -0.424. The van der Waals surface area contributed by atoms with E-state index in [2.05, 4.69) is 9.89 Å². The van der Waals surface area contributed by atoms with Crippen molar-refractivity contribution in [2.45, 2.75) is 25.9 Å². The molecule has 0 bridgehead atoms. The van der Waals surface area contributed by atoms with Crippen molar-refractivity contribution in [1.82, 2.24) is 0 Å². The van der Waals surface area contributed by atoms with E-state index < -0.39 is 5.97 Å². The first-order valence-electron chi connectivity index (χ1n) is 3.98.